The molecule has 1 aliphatic carbocycles. The third kappa shape index (κ3) is 3.31. The van der Waals surface area contributed by atoms with Crippen LogP contribution in [0.25, 0.3) is 0 Å². The zero-order valence-electron chi connectivity index (χ0n) is 11.3. The van der Waals surface area contributed by atoms with Gasteiger partial charge in [-0.15, -0.1) is 11.3 Å². The number of rotatable bonds is 5. The molecule has 1 aliphatic rings. The van der Waals surface area contributed by atoms with Crippen molar-refractivity contribution in [3.05, 3.63) is 15.6 Å². The van der Waals surface area contributed by atoms with Crippen LogP contribution in [-0.4, -0.2) is 17.4 Å². The van der Waals surface area contributed by atoms with Gasteiger partial charge in [0.1, 0.15) is 0 Å². The van der Waals surface area contributed by atoms with E-state index in [2.05, 4.69) is 17.2 Å². The first-order chi connectivity index (χ1) is 8.70. The average molecular weight is 266 g/mol. The third-order valence-corrected chi connectivity index (χ3v) is 4.53. The van der Waals surface area contributed by atoms with Gasteiger partial charge in [0.2, 0.25) is 5.91 Å². The third-order valence-electron chi connectivity index (χ3n) is 3.50. The number of nitrogens with one attached hydrogen (secondary N) is 1. The number of fused-ring (bicyclic) bond motifs is 1. The summed E-state index contributed by atoms with van der Waals surface area (Å²) < 4.78 is 0. The largest absolute Gasteiger partial charge is 0.356 e. The number of hydrogen-bond donors (Lipinski definition) is 1. The number of aromatic nitrogens is 1. The maximum atomic E-state index is 12.1. The Labute approximate surface area is 113 Å². The van der Waals surface area contributed by atoms with Gasteiger partial charge in [0.05, 0.1) is 10.7 Å². The molecule has 1 aromatic rings. The molecule has 0 saturated heterocycles. The van der Waals surface area contributed by atoms with Crippen molar-refractivity contribution in [1.82, 2.24) is 10.3 Å². The summed E-state index contributed by atoms with van der Waals surface area (Å²) in [4.78, 5) is 17.9. The van der Waals surface area contributed by atoms with Crippen molar-refractivity contribution in [3.8, 4) is 0 Å². The predicted molar refractivity (Wildman–Crippen MR) is 74.9 cm³/mol. The Bertz CT molecular complexity index is 414. The molecule has 0 bridgehead atoms. The number of carbonyl (C=O) groups excluding carboxylic acids is 1. The standard InChI is InChI=1S/C14H22N2OS/c1-3-4-5-8-15-14(17)11-6-7-12-13(9-11)18-10(2)16-12/h11H,3-9H2,1-2H3,(H,15,17). The molecule has 0 aromatic carbocycles. The first-order valence-corrected chi connectivity index (χ1v) is 7.75. The molecule has 0 spiro atoms. The highest BCUT2D eigenvalue weighted by molar-refractivity contribution is 7.11. The van der Waals surface area contributed by atoms with Crippen LogP contribution in [0.15, 0.2) is 0 Å². The summed E-state index contributed by atoms with van der Waals surface area (Å²) in [7, 11) is 0. The summed E-state index contributed by atoms with van der Waals surface area (Å²) in [5.41, 5.74) is 1.23. The van der Waals surface area contributed by atoms with Crippen LogP contribution in [0.4, 0.5) is 0 Å². The Morgan fingerprint density at radius 3 is 3.11 bits per heavy atom. The number of unbranched alkanes of at least 4 members (excludes halogenated alkanes) is 2. The second-order valence-electron chi connectivity index (χ2n) is 5.04. The lowest BCUT2D eigenvalue weighted by Gasteiger charge is -2.20. The van der Waals surface area contributed by atoms with Gasteiger partial charge in [-0.2, -0.15) is 0 Å². The van der Waals surface area contributed by atoms with Crippen LogP contribution in [0.5, 0.6) is 0 Å². The summed E-state index contributed by atoms with van der Waals surface area (Å²) in [5, 5.41) is 4.20. The fourth-order valence-electron chi connectivity index (χ4n) is 2.46. The Morgan fingerprint density at radius 2 is 2.33 bits per heavy atom. The molecule has 0 fully saturated rings. The van der Waals surface area contributed by atoms with Gasteiger partial charge >= 0.3 is 0 Å². The second kappa shape index (κ2) is 6.32. The van der Waals surface area contributed by atoms with Gasteiger partial charge in [-0.1, -0.05) is 19.8 Å². The Balaban J connectivity index is 1.82. The van der Waals surface area contributed by atoms with Crippen molar-refractivity contribution >= 4 is 17.2 Å². The van der Waals surface area contributed by atoms with E-state index in [0.29, 0.717) is 0 Å². The maximum Gasteiger partial charge on any atom is 0.223 e. The molecule has 1 unspecified atom stereocenters. The zero-order chi connectivity index (χ0) is 13.0. The number of nitrogens with zero attached hydrogens (tertiary/aromatic N) is 1. The number of aryl methyl sites for hydroxylation is 2. The van der Waals surface area contributed by atoms with E-state index in [-0.39, 0.29) is 11.8 Å². The minimum atomic E-state index is 0.166. The van der Waals surface area contributed by atoms with Crippen molar-refractivity contribution in [2.24, 2.45) is 5.92 Å². The van der Waals surface area contributed by atoms with Crippen LogP contribution in [0, 0.1) is 12.8 Å². The van der Waals surface area contributed by atoms with Gasteiger partial charge in [0, 0.05) is 17.3 Å². The van der Waals surface area contributed by atoms with Crippen LogP contribution in [0.3, 0.4) is 0 Å². The van der Waals surface area contributed by atoms with Crippen LogP contribution in [0.2, 0.25) is 0 Å². The Morgan fingerprint density at radius 1 is 1.50 bits per heavy atom. The molecule has 2 rings (SSSR count). The predicted octanol–water partition coefficient (Wildman–Crippen LogP) is 2.86. The van der Waals surface area contributed by atoms with E-state index in [0.717, 1.165) is 37.2 Å². The molecule has 1 aromatic heterocycles. The quantitative estimate of drug-likeness (QED) is 0.833. The summed E-state index contributed by atoms with van der Waals surface area (Å²) in [6, 6.07) is 0. The van der Waals surface area contributed by atoms with Crippen LogP contribution in [-0.2, 0) is 17.6 Å². The molecule has 1 amide bonds. The number of carbonyl (C=O) groups is 1. The minimum absolute atomic E-state index is 0.166. The van der Waals surface area contributed by atoms with Crippen LogP contribution >= 0.6 is 11.3 Å². The monoisotopic (exact) mass is 266 g/mol. The summed E-state index contributed by atoms with van der Waals surface area (Å²) in [6.07, 6.45) is 6.30. The Kier molecular flexibility index (Phi) is 4.75. The van der Waals surface area contributed by atoms with Gasteiger partial charge < -0.3 is 5.32 Å². The number of hydrogen-bond acceptors (Lipinski definition) is 3. The molecule has 1 heterocycles. The minimum Gasteiger partial charge on any atom is -0.356 e. The fraction of sp³-hybridized carbons (Fsp3) is 0.714. The lowest BCUT2D eigenvalue weighted by Crippen LogP contribution is -2.34. The van der Waals surface area contributed by atoms with E-state index >= 15 is 0 Å². The highest BCUT2D eigenvalue weighted by Crippen LogP contribution is 2.29. The lowest BCUT2D eigenvalue weighted by molar-refractivity contribution is -0.125. The number of thiazole rings is 1. The van der Waals surface area contributed by atoms with E-state index in [9.17, 15) is 4.79 Å². The fourth-order valence-corrected chi connectivity index (χ4v) is 3.52. The molecule has 4 heteroatoms. The van der Waals surface area contributed by atoms with E-state index < -0.39 is 0 Å². The van der Waals surface area contributed by atoms with Crippen molar-refractivity contribution in [2.75, 3.05) is 6.54 Å². The number of amides is 1. The summed E-state index contributed by atoms with van der Waals surface area (Å²) in [6.45, 7) is 5.05. The van der Waals surface area contributed by atoms with Gasteiger partial charge in [-0.05, 0) is 32.6 Å². The van der Waals surface area contributed by atoms with Crippen molar-refractivity contribution < 1.29 is 4.79 Å². The molecule has 3 nitrogen and oxygen atoms in total. The molecular formula is C14H22N2OS. The average Bonchev–Trinajstić information content (AvgIpc) is 2.73. The first-order valence-electron chi connectivity index (χ1n) is 6.93. The van der Waals surface area contributed by atoms with Crippen molar-refractivity contribution in [2.45, 2.75) is 52.4 Å². The lowest BCUT2D eigenvalue weighted by atomic mass is 9.90. The van der Waals surface area contributed by atoms with Gasteiger partial charge in [-0.3, -0.25) is 4.79 Å². The summed E-state index contributed by atoms with van der Waals surface area (Å²) >= 11 is 1.75. The van der Waals surface area contributed by atoms with Gasteiger partial charge in [0.25, 0.3) is 0 Å². The molecule has 1 N–H and O–H groups in total. The van der Waals surface area contributed by atoms with Crippen LogP contribution in [0.1, 0.15) is 48.2 Å². The van der Waals surface area contributed by atoms with E-state index in [1.54, 1.807) is 11.3 Å². The van der Waals surface area contributed by atoms with E-state index in [1.165, 1.54) is 23.4 Å². The van der Waals surface area contributed by atoms with E-state index in [4.69, 9.17) is 0 Å². The summed E-state index contributed by atoms with van der Waals surface area (Å²) in [5.74, 6) is 0.404. The smallest absolute Gasteiger partial charge is 0.223 e. The molecule has 0 aliphatic heterocycles. The highest BCUT2D eigenvalue weighted by Gasteiger charge is 2.26. The molecule has 1 atom stereocenters. The van der Waals surface area contributed by atoms with E-state index in [1.807, 2.05) is 6.92 Å². The van der Waals surface area contributed by atoms with Crippen molar-refractivity contribution in [1.29, 1.82) is 0 Å². The maximum absolute atomic E-state index is 12.1. The Hall–Kier alpha value is -0.900. The topological polar surface area (TPSA) is 42.0 Å². The second-order valence-corrected chi connectivity index (χ2v) is 6.33. The molecule has 0 radical (unpaired) electrons. The molecule has 18 heavy (non-hydrogen) atoms. The van der Waals surface area contributed by atoms with Crippen LogP contribution < -0.4 is 5.32 Å². The zero-order valence-corrected chi connectivity index (χ0v) is 12.1. The highest BCUT2D eigenvalue weighted by atomic mass is 32.1. The van der Waals surface area contributed by atoms with Crippen molar-refractivity contribution in [3.63, 3.8) is 0 Å². The SMILES string of the molecule is CCCCCNC(=O)C1CCc2nc(C)sc2C1. The molecule has 0 saturated carbocycles. The molecular weight excluding hydrogens is 244 g/mol. The van der Waals surface area contributed by atoms with Gasteiger partial charge in [0.15, 0.2) is 0 Å². The molecule has 100 valence electrons. The first kappa shape index (κ1) is 13.5. The normalized spacial score (nSPS) is 18.4. The van der Waals surface area contributed by atoms with Gasteiger partial charge in [-0.25, -0.2) is 4.98 Å².